The number of likely N-dealkylation sites (tertiary alicyclic amines) is 2. The number of phenols is 4. The molecule has 3 heterocycles. The number of phenolic OH excluding ortho intramolecular Hbond substituents is 4. The van der Waals surface area contributed by atoms with E-state index in [1.807, 2.05) is 0 Å². The van der Waals surface area contributed by atoms with Gasteiger partial charge in [-0.1, -0.05) is 46.6 Å². The van der Waals surface area contributed by atoms with Crippen LogP contribution in [0.15, 0.2) is 18.2 Å². The number of fused-ring (bicyclic) bond motifs is 3. The van der Waals surface area contributed by atoms with Crippen molar-refractivity contribution in [2.45, 2.75) is 84.1 Å². The van der Waals surface area contributed by atoms with Gasteiger partial charge >= 0.3 is 0 Å². The van der Waals surface area contributed by atoms with E-state index < -0.39 is 12.2 Å². The lowest BCUT2D eigenvalue weighted by atomic mass is 9.68. The molecule has 3 aliphatic heterocycles. The number of nitrogens with zero attached hydrogens (tertiary/aromatic N) is 2. The van der Waals surface area contributed by atoms with E-state index in [9.17, 15) is 25.5 Å². The molecular weight excluding hydrogens is 568 g/mol. The predicted molar refractivity (Wildman–Crippen MR) is 172 cm³/mol. The van der Waals surface area contributed by atoms with E-state index in [1.165, 1.54) is 25.0 Å². The average molecular weight is 621 g/mol. The molecule has 8 nitrogen and oxygen atoms in total. The normalized spacial score (nSPS) is 40.1. The van der Waals surface area contributed by atoms with Crippen molar-refractivity contribution in [2.75, 3.05) is 27.2 Å². The summed E-state index contributed by atoms with van der Waals surface area (Å²) in [6.45, 7) is 11.2. The Hall–Kier alpha value is -2.68. The summed E-state index contributed by atoms with van der Waals surface area (Å²) >= 11 is 0. The van der Waals surface area contributed by atoms with Crippen LogP contribution in [0.4, 0.5) is 0 Å². The highest BCUT2D eigenvalue weighted by atomic mass is 16.5. The molecule has 2 aromatic rings. The number of aliphatic hydroxyl groups excluding tert-OH is 1. The van der Waals surface area contributed by atoms with Crippen molar-refractivity contribution in [2.24, 2.45) is 47.3 Å². The van der Waals surface area contributed by atoms with Crippen LogP contribution in [-0.4, -0.2) is 68.6 Å². The summed E-state index contributed by atoms with van der Waals surface area (Å²) in [5.41, 5.74) is 2.43. The maximum absolute atomic E-state index is 12.7. The first-order chi connectivity index (χ1) is 21.4. The summed E-state index contributed by atoms with van der Waals surface area (Å²) in [5, 5.41) is 56.7. The molecule has 0 spiro atoms. The lowest BCUT2D eigenvalue weighted by molar-refractivity contribution is 0.00396. The Bertz CT molecular complexity index is 1460. The van der Waals surface area contributed by atoms with Crippen molar-refractivity contribution in [1.82, 2.24) is 9.80 Å². The Morgan fingerprint density at radius 2 is 1.24 bits per heavy atom. The van der Waals surface area contributed by atoms with E-state index in [2.05, 4.69) is 51.6 Å². The highest BCUT2D eigenvalue weighted by Gasteiger charge is 2.53. The van der Waals surface area contributed by atoms with Crippen molar-refractivity contribution in [3.05, 3.63) is 40.5 Å². The first kappa shape index (κ1) is 30.9. The van der Waals surface area contributed by atoms with Gasteiger partial charge < -0.3 is 30.3 Å². The molecule has 246 valence electrons. The molecule has 0 amide bonds. The maximum Gasteiger partial charge on any atom is 0.157 e. The Balaban J connectivity index is 1.44. The largest absolute Gasteiger partial charge is 0.507 e. The van der Waals surface area contributed by atoms with E-state index in [0.717, 1.165) is 31.5 Å². The smallest absolute Gasteiger partial charge is 0.157 e. The second-order valence-corrected chi connectivity index (χ2v) is 15.7. The number of aliphatic hydroxyl groups is 1. The van der Waals surface area contributed by atoms with Crippen LogP contribution in [0.25, 0.3) is 0 Å². The molecule has 2 saturated carbocycles. The van der Waals surface area contributed by atoms with Gasteiger partial charge in [-0.2, -0.15) is 0 Å². The second-order valence-electron chi connectivity index (χ2n) is 15.7. The number of piperidine rings is 2. The number of aromatic hydroxyl groups is 4. The van der Waals surface area contributed by atoms with Crippen molar-refractivity contribution in [1.29, 1.82) is 0 Å². The second kappa shape index (κ2) is 11.2. The van der Waals surface area contributed by atoms with Crippen LogP contribution in [-0.2, 0) is 6.42 Å². The number of hydrogen-bond donors (Lipinski definition) is 5. The fourth-order valence-corrected chi connectivity index (χ4v) is 11.0. The summed E-state index contributed by atoms with van der Waals surface area (Å²) in [6.07, 6.45) is 2.96. The molecule has 0 unspecified atom stereocenters. The molecule has 7 rings (SSSR count). The SMILES string of the molecule is C[C@@H]1CN(C)[C@@H](c2c(O)c([C@@H]3[C@@H]4[C@@H](CC[C@H]4C)[C@@H](C)CN3C)c(O)c3c2O[C@H](c2ccc(O)c(O)c2)[C@H](O)C3)[C@H]2[C@@H]1CC[C@@H]2C. The highest BCUT2D eigenvalue weighted by molar-refractivity contribution is 5.65. The predicted octanol–water partition coefficient (Wildman–Crippen LogP) is 6.12. The zero-order valence-corrected chi connectivity index (χ0v) is 27.6. The lowest BCUT2D eigenvalue weighted by Gasteiger charge is -2.49. The van der Waals surface area contributed by atoms with Gasteiger partial charge in [0.2, 0.25) is 0 Å². The van der Waals surface area contributed by atoms with Crippen LogP contribution in [0.1, 0.15) is 93.8 Å². The van der Waals surface area contributed by atoms with Crippen molar-refractivity contribution >= 4 is 0 Å². The van der Waals surface area contributed by atoms with Gasteiger partial charge in [0, 0.05) is 37.2 Å². The maximum atomic E-state index is 12.7. The Morgan fingerprint density at radius 3 is 1.80 bits per heavy atom. The van der Waals surface area contributed by atoms with Crippen LogP contribution >= 0.6 is 0 Å². The minimum absolute atomic E-state index is 0.0457. The van der Waals surface area contributed by atoms with Crippen LogP contribution in [0.3, 0.4) is 0 Å². The first-order valence-corrected chi connectivity index (χ1v) is 17.3. The van der Waals surface area contributed by atoms with Gasteiger partial charge in [0.05, 0.1) is 17.2 Å². The lowest BCUT2D eigenvalue weighted by Crippen LogP contribution is -2.47. The minimum Gasteiger partial charge on any atom is -0.507 e. The van der Waals surface area contributed by atoms with Gasteiger partial charge in [0.15, 0.2) is 11.5 Å². The number of rotatable bonds is 3. The van der Waals surface area contributed by atoms with Crippen LogP contribution in [0.5, 0.6) is 28.7 Å². The van der Waals surface area contributed by atoms with Gasteiger partial charge in [0.1, 0.15) is 23.4 Å². The van der Waals surface area contributed by atoms with E-state index >= 15 is 0 Å². The molecule has 0 radical (unpaired) electrons. The number of hydrogen-bond acceptors (Lipinski definition) is 8. The fourth-order valence-electron chi connectivity index (χ4n) is 11.0. The van der Waals surface area contributed by atoms with Crippen LogP contribution in [0.2, 0.25) is 0 Å². The molecule has 0 aromatic heterocycles. The summed E-state index contributed by atoms with van der Waals surface area (Å²) in [4.78, 5) is 4.72. The summed E-state index contributed by atoms with van der Waals surface area (Å²) in [7, 11) is 4.28. The molecule has 5 N–H and O–H groups in total. The molecule has 2 aromatic carbocycles. The van der Waals surface area contributed by atoms with Gasteiger partial charge in [-0.15, -0.1) is 0 Å². The monoisotopic (exact) mass is 620 g/mol. The molecule has 2 aliphatic carbocycles. The molecule has 45 heavy (non-hydrogen) atoms. The molecular formula is C37H52N2O6. The topological polar surface area (TPSA) is 117 Å². The third-order valence-corrected chi connectivity index (χ3v) is 13.0. The van der Waals surface area contributed by atoms with Crippen LogP contribution in [0, 0.1) is 47.3 Å². The molecule has 5 aliphatic rings. The molecule has 2 saturated heterocycles. The Labute approximate surface area is 267 Å². The van der Waals surface area contributed by atoms with Gasteiger partial charge in [-0.3, -0.25) is 9.80 Å². The van der Waals surface area contributed by atoms with Gasteiger partial charge in [-0.05, 0) is 92.0 Å². The Morgan fingerprint density at radius 1 is 0.689 bits per heavy atom. The molecule has 4 fully saturated rings. The summed E-state index contributed by atoms with van der Waals surface area (Å²) in [6, 6.07) is 4.22. The fraction of sp³-hybridized carbons (Fsp3) is 0.676. The summed E-state index contributed by atoms with van der Waals surface area (Å²) in [5.74, 6) is 3.84. The zero-order chi connectivity index (χ0) is 32.1. The molecule has 0 bridgehead atoms. The van der Waals surface area contributed by atoms with Gasteiger partial charge in [-0.25, -0.2) is 0 Å². The quantitative estimate of drug-likeness (QED) is 0.261. The standard InChI is InChI=1S/C37H52N2O6/c1-17-7-10-22-19(3)15-38(5)32(28(17)22)30-34(43)24-14-27(42)36(21-9-12-25(40)26(41)13-21)45-37(24)31(35(30)44)33-29-18(2)8-11-23(29)20(4)16-39(33)6/h9,12-13,17-20,22-23,27-29,32-33,36,40-44H,7-8,10-11,14-16H2,1-6H3/t17-,18+,19+,20-,22+,23-,27-,28+,29-,32+,33-,36-/m1/s1. The zero-order valence-electron chi connectivity index (χ0n) is 27.6. The average Bonchev–Trinajstić information content (AvgIpc) is 3.57. The van der Waals surface area contributed by atoms with Crippen molar-refractivity contribution < 1.29 is 30.3 Å². The first-order valence-electron chi connectivity index (χ1n) is 17.3. The summed E-state index contributed by atoms with van der Waals surface area (Å²) < 4.78 is 6.72. The highest BCUT2D eigenvalue weighted by Crippen LogP contribution is 2.62. The third kappa shape index (κ3) is 4.72. The number of benzene rings is 2. The van der Waals surface area contributed by atoms with Crippen molar-refractivity contribution in [3.8, 4) is 28.7 Å². The van der Waals surface area contributed by atoms with E-state index in [0.29, 0.717) is 69.8 Å². The third-order valence-electron chi connectivity index (χ3n) is 13.0. The van der Waals surface area contributed by atoms with Gasteiger partial charge in [0.25, 0.3) is 0 Å². The minimum atomic E-state index is -0.998. The number of ether oxygens (including phenoxy) is 1. The van der Waals surface area contributed by atoms with Crippen molar-refractivity contribution in [3.63, 3.8) is 0 Å². The van der Waals surface area contributed by atoms with E-state index in [-0.39, 0.29) is 41.5 Å². The van der Waals surface area contributed by atoms with Crippen LogP contribution < -0.4 is 4.74 Å². The van der Waals surface area contributed by atoms with E-state index in [4.69, 9.17) is 4.74 Å². The molecule has 8 heteroatoms. The Kier molecular flexibility index (Phi) is 7.73. The van der Waals surface area contributed by atoms with E-state index in [1.54, 1.807) is 6.07 Å². The molecule has 12 atom stereocenters.